The molecule has 220 valence electrons. The normalized spacial score (nSPS) is 15.0. The summed E-state index contributed by atoms with van der Waals surface area (Å²) in [5, 5.41) is 13.9. The number of carbonyl (C=O) groups excluding carboxylic acids is 1. The van der Waals surface area contributed by atoms with Gasteiger partial charge < -0.3 is 15.3 Å². The third-order valence-electron chi connectivity index (χ3n) is 6.84. The molecule has 0 saturated carbocycles. The summed E-state index contributed by atoms with van der Waals surface area (Å²) in [6, 6.07) is 9.06. The van der Waals surface area contributed by atoms with Crippen molar-refractivity contribution in [2.45, 2.75) is 31.7 Å². The van der Waals surface area contributed by atoms with E-state index in [4.69, 9.17) is 23.2 Å². The lowest BCUT2D eigenvalue weighted by Gasteiger charge is -2.37. The second-order valence-electron chi connectivity index (χ2n) is 10.9. The van der Waals surface area contributed by atoms with E-state index >= 15 is 0 Å². The number of rotatable bonds is 7. The summed E-state index contributed by atoms with van der Waals surface area (Å²) in [6.07, 6.45) is 4.95. The first kappa shape index (κ1) is 29.6. The van der Waals surface area contributed by atoms with Gasteiger partial charge in [0.15, 0.2) is 5.82 Å². The summed E-state index contributed by atoms with van der Waals surface area (Å²) in [5.74, 6) is -0.292. The zero-order chi connectivity index (χ0) is 30.4. The van der Waals surface area contributed by atoms with E-state index in [1.807, 2.05) is 4.90 Å². The maximum absolute atomic E-state index is 14.1. The van der Waals surface area contributed by atoms with E-state index in [1.165, 1.54) is 18.2 Å². The molecule has 1 fully saturated rings. The smallest absolute Gasteiger partial charge is 0.328 e. The number of nitrogens with zero attached hydrogens (tertiary/aromatic N) is 5. The molecule has 14 heteroatoms. The van der Waals surface area contributed by atoms with Gasteiger partial charge in [-0.05, 0) is 47.9 Å². The molecule has 4 aromatic rings. The predicted octanol–water partition coefficient (Wildman–Crippen LogP) is 4.36. The van der Waals surface area contributed by atoms with Gasteiger partial charge in [0.2, 0.25) is 5.91 Å². The highest BCUT2D eigenvalue weighted by molar-refractivity contribution is 7.93. The highest BCUT2D eigenvalue weighted by atomic mass is 35.5. The van der Waals surface area contributed by atoms with E-state index < -0.39 is 27.4 Å². The van der Waals surface area contributed by atoms with Crippen molar-refractivity contribution >= 4 is 67.5 Å². The van der Waals surface area contributed by atoms with Gasteiger partial charge in [0.1, 0.15) is 11.9 Å². The molecule has 0 spiro atoms. The van der Waals surface area contributed by atoms with Crippen molar-refractivity contribution in [2.24, 2.45) is 5.41 Å². The van der Waals surface area contributed by atoms with Crippen molar-refractivity contribution < 1.29 is 23.1 Å². The van der Waals surface area contributed by atoms with Crippen LogP contribution in [0.15, 0.2) is 66.0 Å². The maximum Gasteiger partial charge on any atom is 0.328 e. The molecule has 0 bridgehead atoms. The average Bonchev–Trinajstić information content (AvgIpc) is 3.33. The molecule has 11 nitrogen and oxygen atoms in total. The molecule has 5 rings (SSSR count). The second kappa shape index (κ2) is 11.1. The van der Waals surface area contributed by atoms with Crippen LogP contribution in [0.3, 0.4) is 0 Å². The van der Waals surface area contributed by atoms with E-state index in [0.717, 1.165) is 4.31 Å². The summed E-state index contributed by atoms with van der Waals surface area (Å²) in [4.78, 5) is 34.9. The van der Waals surface area contributed by atoms with Crippen molar-refractivity contribution in [1.29, 1.82) is 0 Å². The van der Waals surface area contributed by atoms with E-state index in [-0.39, 0.29) is 33.1 Å². The Hall–Kier alpha value is -3.87. The largest absolute Gasteiger partial charge is 0.480 e. The van der Waals surface area contributed by atoms with Crippen LogP contribution in [0.1, 0.15) is 20.8 Å². The number of amides is 1. The molecular formula is C28H28Cl2N6O5S. The number of halogens is 2. The van der Waals surface area contributed by atoms with Crippen LogP contribution in [0.5, 0.6) is 0 Å². The van der Waals surface area contributed by atoms with Gasteiger partial charge in [0.25, 0.3) is 10.0 Å². The first-order chi connectivity index (χ1) is 19.8. The number of sulfonamides is 1. The Morgan fingerprint density at radius 2 is 1.71 bits per heavy atom. The van der Waals surface area contributed by atoms with Crippen LogP contribution in [-0.4, -0.2) is 65.6 Å². The van der Waals surface area contributed by atoms with Gasteiger partial charge >= 0.3 is 5.97 Å². The van der Waals surface area contributed by atoms with E-state index in [2.05, 4.69) is 15.3 Å². The molecule has 2 aromatic carbocycles. The van der Waals surface area contributed by atoms with Crippen LogP contribution in [0.2, 0.25) is 10.0 Å². The summed E-state index contributed by atoms with van der Waals surface area (Å²) < 4.78 is 30.8. The van der Waals surface area contributed by atoms with Gasteiger partial charge in [-0.1, -0.05) is 44.0 Å². The maximum atomic E-state index is 14.1. The molecular weight excluding hydrogens is 603 g/mol. The minimum absolute atomic E-state index is 0.0783. The van der Waals surface area contributed by atoms with Crippen LogP contribution >= 0.6 is 23.2 Å². The number of aromatic nitrogens is 3. The van der Waals surface area contributed by atoms with E-state index in [9.17, 15) is 23.1 Å². The quantitative estimate of drug-likeness (QED) is 0.307. The molecule has 1 aliphatic heterocycles. The zero-order valence-corrected chi connectivity index (χ0v) is 25.3. The molecule has 1 unspecified atom stereocenters. The number of aliphatic carboxylic acids is 1. The fraction of sp³-hybridized carbons (Fsp3) is 0.286. The van der Waals surface area contributed by atoms with Crippen LogP contribution in [0.4, 0.5) is 11.5 Å². The molecule has 0 aliphatic carbocycles. The van der Waals surface area contributed by atoms with Crippen LogP contribution in [0.25, 0.3) is 16.7 Å². The number of nitrogens with one attached hydrogen (secondary N) is 1. The fourth-order valence-corrected chi connectivity index (χ4v) is 7.45. The number of fused-ring (bicyclic) bond motifs is 1. The molecule has 2 aromatic heterocycles. The SMILES string of the molecule is CC(C)(C)C(C(=O)O)N(c1ccc2c(ccn2-c2cnc(N3CCNC(=O)C3)cn2)c1)S(=O)(=O)c1cc(Cl)cc(Cl)c1. The Labute approximate surface area is 252 Å². The summed E-state index contributed by atoms with van der Waals surface area (Å²) in [5.41, 5.74) is -0.137. The lowest BCUT2D eigenvalue weighted by molar-refractivity contribution is -0.140. The number of hydrogen-bond donors (Lipinski definition) is 2. The molecule has 1 saturated heterocycles. The zero-order valence-electron chi connectivity index (χ0n) is 23.0. The van der Waals surface area contributed by atoms with Crippen LogP contribution < -0.4 is 14.5 Å². The lowest BCUT2D eigenvalue weighted by atomic mass is 9.86. The van der Waals surface area contributed by atoms with Crippen LogP contribution in [-0.2, 0) is 19.6 Å². The third kappa shape index (κ3) is 5.74. The number of hydrogen-bond acceptors (Lipinski definition) is 7. The predicted molar refractivity (Wildman–Crippen MR) is 161 cm³/mol. The molecule has 0 radical (unpaired) electrons. The Balaban J connectivity index is 1.57. The van der Waals surface area contributed by atoms with Gasteiger partial charge in [-0.3, -0.25) is 13.7 Å². The molecule has 2 N–H and O–H groups in total. The minimum atomic E-state index is -4.44. The fourth-order valence-electron chi connectivity index (χ4n) is 4.94. The standard InChI is InChI=1S/C28H28Cl2N6O5S/c1-28(2,3)26(27(38)39)36(42(40,41)21-12-18(29)11-19(30)13-21)20-4-5-22-17(10-20)6-8-35(22)24-15-32-23(14-33-24)34-9-7-31-25(37)16-34/h4-6,8,10-15,26H,7,9,16H2,1-3H3,(H,31,37)(H,38,39). The van der Waals surface area contributed by atoms with Crippen molar-refractivity contribution in [3.05, 3.63) is 71.1 Å². The Bertz CT molecular complexity index is 1770. The van der Waals surface area contributed by atoms with Gasteiger partial charge in [-0.15, -0.1) is 0 Å². The molecule has 1 aliphatic rings. The van der Waals surface area contributed by atoms with E-state index in [0.29, 0.717) is 35.6 Å². The molecule has 1 amide bonds. The van der Waals surface area contributed by atoms with Crippen molar-refractivity contribution in [2.75, 3.05) is 28.8 Å². The molecule has 3 heterocycles. The van der Waals surface area contributed by atoms with E-state index in [1.54, 1.807) is 68.2 Å². The lowest BCUT2D eigenvalue weighted by Crippen LogP contribution is -2.52. The number of anilines is 2. The van der Waals surface area contributed by atoms with Crippen molar-refractivity contribution in [3.63, 3.8) is 0 Å². The number of carbonyl (C=O) groups is 2. The summed E-state index contributed by atoms with van der Waals surface area (Å²) in [6.45, 7) is 6.34. The number of carboxylic acids is 1. The van der Waals surface area contributed by atoms with Gasteiger partial charge in [0.05, 0.1) is 35.0 Å². The third-order valence-corrected chi connectivity index (χ3v) is 9.05. The van der Waals surface area contributed by atoms with Gasteiger partial charge in [-0.2, -0.15) is 0 Å². The topological polar surface area (TPSA) is 138 Å². The molecule has 42 heavy (non-hydrogen) atoms. The Kier molecular flexibility index (Phi) is 7.82. The van der Waals surface area contributed by atoms with Gasteiger partial charge in [0, 0.05) is 34.7 Å². The summed E-state index contributed by atoms with van der Waals surface area (Å²) >= 11 is 12.2. The van der Waals surface area contributed by atoms with Gasteiger partial charge in [-0.25, -0.2) is 23.2 Å². The highest BCUT2D eigenvalue weighted by Crippen LogP contribution is 2.37. The molecule has 1 atom stereocenters. The average molecular weight is 632 g/mol. The van der Waals surface area contributed by atoms with Crippen molar-refractivity contribution in [3.8, 4) is 5.82 Å². The minimum Gasteiger partial charge on any atom is -0.480 e. The van der Waals surface area contributed by atoms with Crippen LogP contribution in [0, 0.1) is 5.41 Å². The Morgan fingerprint density at radius 3 is 2.31 bits per heavy atom. The summed E-state index contributed by atoms with van der Waals surface area (Å²) in [7, 11) is -4.44. The highest BCUT2D eigenvalue weighted by Gasteiger charge is 2.43. The van der Waals surface area contributed by atoms with Crippen molar-refractivity contribution in [1.82, 2.24) is 19.9 Å². The number of piperazine rings is 1. The first-order valence-electron chi connectivity index (χ1n) is 12.9. The first-order valence-corrected chi connectivity index (χ1v) is 15.1. The Morgan fingerprint density at radius 1 is 1.05 bits per heavy atom. The monoisotopic (exact) mass is 630 g/mol. The second-order valence-corrected chi connectivity index (χ2v) is 13.6. The number of benzene rings is 2. The number of carboxylic acid groups (broad SMARTS) is 1.